The normalized spacial score (nSPS) is 10.9. The van der Waals surface area contributed by atoms with Gasteiger partial charge in [-0.05, 0) is 13.0 Å². The van der Waals surface area contributed by atoms with Gasteiger partial charge in [0.05, 0.1) is 11.9 Å². The molecule has 2 aromatic rings. The molecule has 4 nitrogen and oxygen atoms in total. The second kappa shape index (κ2) is 4.68. The zero-order chi connectivity index (χ0) is 13.3. The van der Waals surface area contributed by atoms with Crippen molar-refractivity contribution in [3.8, 4) is 11.3 Å². The lowest BCUT2D eigenvalue weighted by atomic mass is 10.1. The summed E-state index contributed by atoms with van der Waals surface area (Å²) in [6, 6.07) is 1.39. The number of hydrogen-bond acceptors (Lipinski definition) is 4. The number of pyridine rings is 1. The predicted octanol–water partition coefficient (Wildman–Crippen LogP) is 2.69. The van der Waals surface area contributed by atoms with Gasteiger partial charge in [0.2, 0.25) is 0 Å². The van der Waals surface area contributed by atoms with E-state index in [0.29, 0.717) is 22.9 Å². The number of halogens is 1. The first-order valence-corrected chi connectivity index (χ1v) is 5.74. The molecule has 0 amide bonds. The van der Waals surface area contributed by atoms with Gasteiger partial charge < -0.3 is 5.73 Å². The Kier molecular flexibility index (Phi) is 3.23. The van der Waals surface area contributed by atoms with Gasteiger partial charge in [0.15, 0.2) is 0 Å². The van der Waals surface area contributed by atoms with Gasteiger partial charge in [-0.15, -0.1) is 0 Å². The molecule has 0 saturated carbocycles. The molecule has 2 heterocycles. The number of rotatable bonds is 2. The molecule has 0 bridgehead atoms. The molecule has 0 fully saturated rings. The molecule has 18 heavy (non-hydrogen) atoms. The van der Waals surface area contributed by atoms with Crippen LogP contribution in [0.5, 0.6) is 0 Å². The Hall–Kier alpha value is -2.04. The van der Waals surface area contributed by atoms with E-state index in [2.05, 4.69) is 15.0 Å². The van der Waals surface area contributed by atoms with Crippen LogP contribution in [-0.2, 0) is 0 Å². The maximum atomic E-state index is 13.2. The van der Waals surface area contributed by atoms with Crippen molar-refractivity contribution in [2.24, 2.45) is 0 Å². The smallest absolute Gasteiger partial charge is 0.142 e. The molecule has 0 spiro atoms. The zero-order valence-corrected chi connectivity index (χ0v) is 10.6. The summed E-state index contributed by atoms with van der Waals surface area (Å²) >= 11 is 0. The number of aromatic nitrogens is 3. The first-order valence-electron chi connectivity index (χ1n) is 5.74. The van der Waals surface area contributed by atoms with Crippen LogP contribution in [0.3, 0.4) is 0 Å². The van der Waals surface area contributed by atoms with E-state index >= 15 is 0 Å². The van der Waals surface area contributed by atoms with E-state index in [-0.39, 0.29) is 5.92 Å². The van der Waals surface area contributed by atoms with Crippen LogP contribution >= 0.6 is 0 Å². The summed E-state index contributed by atoms with van der Waals surface area (Å²) in [6.07, 6.45) is 2.73. The zero-order valence-electron chi connectivity index (χ0n) is 10.6. The fraction of sp³-hybridized carbons (Fsp3) is 0.308. The van der Waals surface area contributed by atoms with Crippen LogP contribution in [0.25, 0.3) is 11.3 Å². The lowest BCUT2D eigenvalue weighted by Crippen LogP contribution is -2.06. The molecule has 0 aliphatic rings. The minimum Gasteiger partial charge on any atom is -0.383 e. The summed E-state index contributed by atoms with van der Waals surface area (Å²) in [6.45, 7) is 5.79. The third kappa shape index (κ3) is 2.30. The SMILES string of the molecule is Cc1c(N)nc(C(C)C)nc1-c1cncc(F)c1. The van der Waals surface area contributed by atoms with Crippen molar-refractivity contribution in [1.29, 1.82) is 0 Å². The van der Waals surface area contributed by atoms with E-state index in [9.17, 15) is 4.39 Å². The van der Waals surface area contributed by atoms with Gasteiger partial charge in [0.1, 0.15) is 17.5 Å². The summed E-state index contributed by atoms with van der Waals surface area (Å²) in [5.74, 6) is 0.841. The van der Waals surface area contributed by atoms with Crippen LogP contribution in [0.2, 0.25) is 0 Å². The van der Waals surface area contributed by atoms with Gasteiger partial charge in [-0.25, -0.2) is 14.4 Å². The van der Waals surface area contributed by atoms with Crippen molar-refractivity contribution in [3.63, 3.8) is 0 Å². The van der Waals surface area contributed by atoms with Gasteiger partial charge in [-0.3, -0.25) is 4.98 Å². The quantitative estimate of drug-likeness (QED) is 0.884. The minimum atomic E-state index is -0.393. The van der Waals surface area contributed by atoms with Gasteiger partial charge in [-0.2, -0.15) is 0 Å². The lowest BCUT2D eigenvalue weighted by Gasteiger charge is -2.11. The first kappa shape index (κ1) is 12.4. The maximum Gasteiger partial charge on any atom is 0.142 e. The maximum absolute atomic E-state index is 13.2. The van der Waals surface area contributed by atoms with E-state index in [1.54, 1.807) is 6.20 Å². The van der Waals surface area contributed by atoms with Crippen LogP contribution in [0, 0.1) is 12.7 Å². The number of anilines is 1. The fourth-order valence-corrected chi connectivity index (χ4v) is 1.63. The highest BCUT2D eigenvalue weighted by atomic mass is 19.1. The van der Waals surface area contributed by atoms with Gasteiger partial charge in [0.25, 0.3) is 0 Å². The summed E-state index contributed by atoms with van der Waals surface area (Å²) in [7, 11) is 0. The van der Waals surface area contributed by atoms with Crippen LogP contribution < -0.4 is 5.73 Å². The molecular weight excluding hydrogens is 231 g/mol. The summed E-state index contributed by atoms with van der Waals surface area (Å²) in [5, 5.41) is 0. The van der Waals surface area contributed by atoms with Crippen LogP contribution in [0.4, 0.5) is 10.2 Å². The molecule has 2 N–H and O–H groups in total. The Morgan fingerprint density at radius 3 is 2.56 bits per heavy atom. The standard InChI is InChI=1S/C13H15FN4/c1-7(2)13-17-11(8(3)12(15)18-13)9-4-10(14)6-16-5-9/h4-7H,1-3H3,(H2,15,17,18). The van der Waals surface area contributed by atoms with Crippen LogP contribution in [0.15, 0.2) is 18.5 Å². The Morgan fingerprint density at radius 2 is 1.94 bits per heavy atom. The minimum absolute atomic E-state index is 0.160. The highest BCUT2D eigenvalue weighted by molar-refractivity contribution is 5.66. The van der Waals surface area contributed by atoms with E-state index in [1.165, 1.54) is 6.07 Å². The molecule has 0 unspecified atom stereocenters. The molecule has 5 heteroatoms. The van der Waals surface area contributed by atoms with Crippen molar-refractivity contribution >= 4 is 5.82 Å². The first-order chi connectivity index (χ1) is 8.49. The average molecular weight is 246 g/mol. The van der Waals surface area contributed by atoms with E-state index in [1.807, 2.05) is 20.8 Å². The second-order valence-corrected chi connectivity index (χ2v) is 4.49. The van der Waals surface area contributed by atoms with Gasteiger partial charge in [-0.1, -0.05) is 13.8 Å². The van der Waals surface area contributed by atoms with Gasteiger partial charge in [0, 0.05) is 23.2 Å². The van der Waals surface area contributed by atoms with Crippen molar-refractivity contribution in [2.75, 3.05) is 5.73 Å². The third-order valence-electron chi connectivity index (χ3n) is 2.70. The molecular formula is C13H15FN4. The summed E-state index contributed by atoms with van der Waals surface area (Å²) < 4.78 is 13.2. The summed E-state index contributed by atoms with van der Waals surface area (Å²) in [5.41, 5.74) is 7.86. The monoisotopic (exact) mass is 246 g/mol. The summed E-state index contributed by atoms with van der Waals surface area (Å²) in [4.78, 5) is 12.5. The largest absolute Gasteiger partial charge is 0.383 e. The van der Waals surface area contributed by atoms with Crippen LogP contribution in [-0.4, -0.2) is 15.0 Å². The molecule has 0 aromatic carbocycles. The molecule has 2 aromatic heterocycles. The van der Waals surface area contributed by atoms with E-state index in [4.69, 9.17) is 5.73 Å². The molecule has 0 radical (unpaired) electrons. The molecule has 0 aliphatic carbocycles. The second-order valence-electron chi connectivity index (χ2n) is 4.49. The number of nitrogens with zero attached hydrogens (tertiary/aromatic N) is 3. The lowest BCUT2D eigenvalue weighted by molar-refractivity contribution is 0.622. The third-order valence-corrected chi connectivity index (χ3v) is 2.70. The molecule has 0 saturated heterocycles. The number of nitrogens with two attached hydrogens (primary N) is 1. The topological polar surface area (TPSA) is 64.7 Å². The molecule has 2 rings (SSSR count). The fourth-order valence-electron chi connectivity index (χ4n) is 1.63. The highest BCUT2D eigenvalue weighted by Gasteiger charge is 2.13. The van der Waals surface area contributed by atoms with Crippen molar-refractivity contribution < 1.29 is 4.39 Å². The van der Waals surface area contributed by atoms with Crippen molar-refractivity contribution in [2.45, 2.75) is 26.7 Å². The van der Waals surface area contributed by atoms with Crippen molar-refractivity contribution in [1.82, 2.24) is 15.0 Å². The van der Waals surface area contributed by atoms with E-state index in [0.717, 1.165) is 11.8 Å². The Balaban J connectivity index is 2.63. The number of nitrogen functional groups attached to an aromatic ring is 1. The molecule has 0 aliphatic heterocycles. The van der Waals surface area contributed by atoms with Crippen molar-refractivity contribution in [3.05, 3.63) is 35.7 Å². The Labute approximate surface area is 105 Å². The Bertz CT molecular complexity index is 581. The Morgan fingerprint density at radius 1 is 1.22 bits per heavy atom. The average Bonchev–Trinajstić information content (AvgIpc) is 2.32. The molecule has 0 atom stereocenters. The number of hydrogen-bond donors (Lipinski definition) is 1. The highest BCUT2D eigenvalue weighted by Crippen LogP contribution is 2.26. The van der Waals surface area contributed by atoms with Gasteiger partial charge >= 0.3 is 0 Å². The van der Waals surface area contributed by atoms with E-state index < -0.39 is 5.82 Å². The van der Waals surface area contributed by atoms with Crippen LogP contribution in [0.1, 0.15) is 31.2 Å². The predicted molar refractivity (Wildman–Crippen MR) is 68.5 cm³/mol. The molecule has 94 valence electrons.